The summed E-state index contributed by atoms with van der Waals surface area (Å²) in [4.78, 5) is 0. The van der Waals surface area contributed by atoms with Gasteiger partial charge in [-0.15, -0.1) is 0 Å². The van der Waals surface area contributed by atoms with E-state index in [2.05, 4.69) is 4.72 Å². The molecule has 5 heteroatoms. The minimum absolute atomic E-state index is 0.0493. The Morgan fingerprint density at radius 3 is 2.56 bits per heavy atom. The van der Waals surface area contributed by atoms with Gasteiger partial charge in [0.15, 0.2) is 0 Å². The molecule has 0 unspecified atom stereocenters. The van der Waals surface area contributed by atoms with Gasteiger partial charge >= 0.3 is 0 Å². The molecule has 2 rings (SSSR count). The molecule has 1 saturated carbocycles. The van der Waals surface area contributed by atoms with Gasteiger partial charge in [0.25, 0.3) is 0 Å². The van der Waals surface area contributed by atoms with Crippen LogP contribution in [0.1, 0.15) is 18.4 Å². The molecule has 4 nitrogen and oxygen atoms in total. The van der Waals surface area contributed by atoms with Crippen LogP contribution in [0.15, 0.2) is 30.3 Å². The Morgan fingerprint density at radius 1 is 1.25 bits per heavy atom. The van der Waals surface area contributed by atoms with E-state index in [1.54, 1.807) is 0 Å². The highest BCUT2D eigenvalue weighted by Gasteiger charge is 2.35. The fraction of sp³-hybridized carbons (Fsp3) is 0.455. The third-order valence-electron chi connectivity index (χ3n) is 2.44. The van der Waals surface area contributed by atoms with Crippen LogP contribution in [0, 0.1) is 0 Å². The van der Waals surface area contributed by atoms with Gasteiger partial charge in [0.1, 0.15) is 6.73 Å². The fourth-order valence-electron chi connectivity index (χ4n) is 1.36. The van der Waals surface area contributed by atoms with Crippen LogP contribution in [0.4, 0.5) is 0 Å². The first-order valence-electron chi connectivity index (χ1n) is 5.28. The van der Waals surface area contributed by atoms with Crippen molar-refractivity contribution in [2.45, 2.75) is 24.7 Å². The normalized spacial score (nSPS) is 16.2. The Labute approximate surface area is 95.7 Å². The van der Waals surface area contributed by atoms with Crippen molar-refractivity contribution in [1.29, 1.82) is 0 Å². The number of hydrogen-bond acceptors (Lipinski definition) is 3. The first-order valence-corrected chi connectivity index (χ1v) is 6.83. The van der Waals surface area contributed by atoms with Crippen LogP contribution in [0.5, 0.6) is 0 Å². The number of hydrogen-bond donors (Lipinski definition) is 1. The maximum absolute atomic E-state index is 11.4. The summed E-state index contributed by atoms with van der Waals surface area (Å²) in [5.41, 5.74) is 1.04. The van der Waals surface area contributed by atoms with Crippen molar-refractivity contribution in [3.8, 4) is 0 Å². The number of nitrogens with one attached hydrogen (secondary N) is 1. The number of benzene rings is 1. The Bertz CT molecular complexity index is 426. The number of sulfonamides is 1. The first kappa shape index (κ1) is 11.6. The van der Waals surface area contributed by atoms with E-state index in [9.17, 15) is 8.42 Å². The summed E-state index contributed by atoms with van der Waals surface area (Å²) in [5.74, 6) is 0. The van der Waals surface area contributed by atoms with Crippen molar-refractivity contribution in [2.75, 3.05) is 6.73 Å². The summed E-state index contributed by atoms with van der Waals surface area (Å²) in [6, 6.07) is 9.66. The first-order chi connectivity index (χ1) is 7.68. The topological polar surface area (TPSA) is 55.4 Å². The zero-order chi connectivity index (χ0) is 11.4. The van der Waals surface area contributed by atoms with Crippen LogP contribution in [-0.4, -0.2) is 20.4 Å². The number of ether oxygens (including phenoxy) is 1. The zero-order valence-corrected chi connectivity index (χ0v) is 9.74. The van der Waals surface area contributed by atoms with Gasteiger partial charge in [-0.05, 0) is 18.4 Å². The van der Waals surface area contributed by atoms with E-state index in [-0.39, 0.29) is 12.0 Å². The van der Waals surface area contributed by atoms with Gasteiger partial charge in [-0.1, -0.05) is 30.3 Å². The van der Waals surface area contributed by atoms with E-state index in [0.717, 1.165) is 18.4 Å². The van der Waals surface area contributed by atoms with Gasteiger partial charge < -0.3 is 4.74 Å². The van der Waals surface area contributed by atoms with Crippen LogP contribution in [-0.2, 0) is 21.4 Å². The molecule has 0 radical (unpaired) electrons. The lowest BCUT2D eigenvalue weighted by Crippen LogP contribution is -2.29. The van der Waals surface area contributed by atoms with Crippen molar-refractivity contribution in [3.63, 3.8) is 0 Å². The second kappa shape index (κ2) is 4.95. The minimum atomic E-state index is -3.12. The van der Waals surface area contributed by atoms with Gasteiger partial charge in [0.2, 0.25) is 10.0 Å². The largest absolute Gasteiger partial charge is 0.361 e. The van der Waals surface area contributed by atoms with Gasteiger partial charge in [-0.25, -0.2) is 8.42 Å². The minimum Gasteiger partial charge on any atom is -0.361 e. The SMILES string of the molecule is O=S(=O)(NCOCc1ccccc1)C1CC1. The molecule has 0 heterocycles. The lowest BCUT2D eigenvalue weighted by Gasteiger charge is -2.06. The quantitative estimate of drug-likeness (QED) is 0.602. The molecule has 0 bridgehead atoms. The molecule has 1 aromatic carbocycles. The highest BCUT2D eigenvalue weighted by molar-refractivity contribution is 7.90. The smallest absolute Gasteiger partial charge is 0.216 e. The van der Waals surface area contributed by atoms with Crippen molar-refractivity contribution in [3.05, 3.63) is 35.9 Å². The lowest BCUT2D eigenvalue weighted by atomic mass is 10.2. The average Bonchev–Trinajstić information content (AvgIpc) is 3.10. The molecule has 88 valence electrons. The molecule has 1 aliphatic carbocycles. The second-order valence-electron chi connectivity index (χ2n) is 3.87. The maximum Gasteiger partial charge on any atom is 0.216 e. The third kappa shape index (κ3) is 3.30. The van der Waals surface area contributed by atoms with E-state index >= 15 is 0 Å². The van der Waals surface area contributed by atoms with E-state index in [1.165, 1.54) is 0 Å². The Hall–Kier alpha value is -0.910. The van der Waals surface area contributed by atoms with Crippen LogP contribution >= 0.6 is 0 Å². The van der Waals surface area contributed by atoms with Crippen molar-refractivity contribution >= 4 is 10.0 Å². The van der Waals surface area contributed by atoms with E-state index < -0.39 is 10.0 Å². The maximum atomic E-state index is 11.4. The predicted octanol–water partition coefficient (Wildman–Crippen LogP) is 1.24. The van der Waals surface area contributed by atoms with Gasteiger partial charge in [-0.2, -0.15) is 4.72 Å². The molecule has 1 fully saturated rings. The summed E-state index contributed by atoms with van der Waals surface area (Å²) in [6.07, 6.45) is 1.54. The second-order valence-corrected chi connectivity index (χ2v) is 5.91. The Morgan fingerprint density at radius 2 is 1.94 bits per heavy atom. The van der Waals surface area contributed by atoms with Crippen molar-refractivity contribution in [2.24, 2.45) is 0 Å². The molecular weight excluding hydrogens is 226 g/mol. The summed E-state index contributed by atoms with van der Waals surface area (Å²) in [6.45, 7) is 0.474. The summed E-state index contributed by atoms with van der Waals surface area (Å²) in [5, 5.41) is -0.187. The summed E-state index contributed by atoms with van der Waals surface area (Å²) in [7, 11) is -3.12. The van der Waals surface area contributed by atoms with E-state index in [0.29, 0.717) is 6.61 Å². The highest BCUT2D eigenvalue weighted by atomic mass is 32.2. The summed E-state index contributed by atoms with van der Waals surface area (Å²) < 4.78 is 30.5. The monoisotopic (exact) mass is 241 g/mol. The van der Waals surface area contributed by atoms with Gasteiger partial charge in [-0.3, -0.25) is 0 Å². The molecule has 1 aliphatic rings. The van der Waals surface area contributed by atoms with Crippen molar-refractivity contribution < 1.29 is 13.2 Å². The van der Waals surface area contributed by atoms with Gasteiger partial charge in [0, 0.05) is 0 Å². The fourth-order valence-corrected chi connectivity index (χ4v) is 2.60. The molecule has 0 saturated heterocycles. The van der Waals surface area contributed by atoms with Crippen molar-refractivity contribution in [1.82, 2.24) is 4.72 Å². The molecule has 0 spiro atoms. The highest BCUT2D eigenvalue weighted by Crippen LogP contribution is 2.27. The Balaban J connectivity index is 1.69. The Kier molecular flexibility index (Phi) is 3.58. The van der Waals surface area contributed by atoms with Crippen LogP contribution in [0.2, 0.25) is 0 Å². The zero-order valence-electron chi connectivity index (χ0n) is 8.93. The van der Waals surface area contributed by atoms with Crippen LogP contribution in [0.3, 0.4) is 0 Å². The van der Waals surface area contributed by atoms with Crippen LogP contribution < -0.4 is 4.72 Å². The molecule has 0 aromatic heterocycles. The molecule has 0 amide bonds. The molecular formula is C11H15NO3S. The summed E-state index contributed by atoms with van der Waals surface area (Å²) >= 11 is 0. The third-order valence-corrected chi connectivity index (χ3v) is 4.31. The molecule has 1 N–H and O–H groups in total. The van der Waals surface area contributed by atoms with E-state index in [1.807, 2.05) is 30.3 Å². The number of rotatable bonds is 6. The molecule has 0 aliphatic heterocycles. The van der Waals surface area contributed by atoms with Crippen LogP contribution in [0.25, 0.3) is 0 Å². The molecule has 16 heavy (non-hydrogen) atoms. The molecule has 0 atom stereocenters. The standard InChI is InChI=1S/C11H15NO3S/c13-16(14,11-6-7-11)12-9-15-8-10-4-2-1-3-5-10/h1-5,11-12H,6-9H2. The predicted molar refractivity (Wildman–Crippen MR) is 61.2 cm³/mol. The van der Waals surface area contributed by atoms with Gasteiger partial charge in [0.05, 0.1) is 11.9 Å². The lowest BCUT2D eigenvalue weighted by molar-refractivity contribution is 0.117. The van der Waals surface area contributed by atoms with E-state index in [4.69, 9.17) is 4.74 Å². The molecule has 1 aromatic rings. The average molecular weight is 241 g/mol.